The van der Waals surface area contributed by atoms with E-state index in [0.717, 1.165) is 5.69 Å². The maximum Gasteiger partial charge on any atom is 0.325 e. The number of nitrogens with one attached hydrogen (secondary N) is 2. The molecule has 21 heavy (non-hydrogen) atoms. The number of carbonyl (C=O) groups is 1. The highest BCUT2D eigenvalue weighted by Crippen LogP contribution is 2.20. The molecule has 3 aromatic rings. The number of benzene rings is 1. The molecule has 1 aromatic carbocycles. The second kappa shape index (κ2) is 5.90. The number of anilines is 2. The van der Waals surface area contributed by atoms with Gasteiger partial charge in [-0.1, -0.05) is 35.1 Å². The van der Waals surface area contributed by atoms with E-state index in [9.17, 15) is 4.79 Å². The van der Waals surface area contributed by atoms with E-state index in [2.05, 4.69) is 25.9 Å². The van der Waals surface area contributed by atoms with E-state index >= 15 is 0 Å². The van der Waals surface area contributed by atoms with Crippen LogP contribution in [0.25, 0.3) is 5.69 Å². The van der Waals surface area contributed by atoms with Crippen LogP contribution in [0.3, 0.4) is 0 Å². The van der Waals surface area contributed by atoms with Gasteiger partial charge < -0.3 is 5.32 Å². The van der Waals surface area contributed by atoms with E-state index in [0.29, 0.717) is 15.8 Å². The van der Waals surface area contributed by atoms with Gasteiger partial charge in [-0.15, -0.1) is 10.2 Å². The number of hydrogen-bond donors (Lipinski definition) is 2. The molecule has 0 aliphatic heterocycles. The van der Waals surface area contributed by atoms with Crippen LogP contribution in [-0.2, 0) is 0 Å². The van der Waals surface area contributed by atoms with Crippen LogP contribution < -0.4 is 10.6 Å². The van der Waals surface area contributed by atoms with Crippen molar-refractivity contribution in [1.29, 1.82) is 0 Å². The lowest BCUT2D eigenvalue weighted by molar-refractivity contribution is 0.262. The van der Waals surface area contributed by atoms with Gasteiger partial charge in [-0.25, -0.2) is 9.48 Å². The highest BCUT2D eigenvalue weighted by molar-refractivity contribution is 7.13. The van der Waals surface area contributed by atoms with E-state index in [1.54, 1.807) is 16.9 Å². The fourth-order valence-corrected chi connectivity index (χ4v) is 2.31. The zero-order valence-corrected chi connectivity index (χ0v) is 12.1. The number of rotatable bonds is 3. The minimum absolute atomic E-state index is 0.412. The summed E-state index contributed by atoms with van der Waals surface area (Å²) in [7, 11) is 0. The van der Waals surface area contributed by atoms with Crippen LogP contribution >= 0.6 is 22.9 Å². The molecule has 2 N–H and O–H groups in total. The molecule has 2 amide bonds. The summed E-state index contributed by atoms with van der Waals surface area (Å²) < 4.78 is 1.59. The molecule has 0 aliphatic carbocycles. The van der Waals surface area contributed by atoms with E-state index in [4.69, 9.17) is 11.6 Å². The van der Waals surface area contributed by atoms with Crippen molar-refractivity contribution in [2.45, 2.75) is 0 Å². The van der Waals surface area contributed by atoms with Gasteiger partial charge in [0.2, 0.25) is 5.13 Å². The second-order valence-corrected chi connectivity index (χ2v) is 5.19. The van der Waals surface area contributed by atoms with Crippen LogP contribution in [0.2, 0.25) is 5.02 Å². The van der Waals surface area contributed by atoms with Gasteiger partial charge in [-0.2, -0.15) is 5.10 Å². The SMILES string of the molecule is O=C(Nc1cnn(-c2ccccc2Cl)c1)Nc1nncs1. The monoisotopic (exact) mass is 320 g/mol. The van der Waals surface area contributed by atoms with Crippen molar-refractivity contribution in [2.24, 2.45) is 0 Å². The van der Waals surface area contributed by atoms with Gasteiger partial charge in [0, 0.05) is 0 Å². The first-order valence-electron chi connectivity index (χ1n) is 5.86. The number of amides is 2. The van der Waals surface area contributed by atoms with Crippen molar-refractivity contribution in [1.82, 2.24) is 20.0 Å². The first kappa shape index (κ1) is 13.5. The molecule has 106 valence electrons. The highest BCUT2D eigenvalue weighted by atomic mass is 35.5. The number of nitrogens with zero attached hydrogens (tertiary/aromatic N) is 4. The lowest BCUT2D eigenvalue weighted by Gasteiger charge is -2.03. The smallest absolute Gasteiger partial charge is 0.305 e. The van der Waals surface area contributed by atoms with Crippen molar-refractivity contribution in [3.63, 3.8) is 0 Å². The minimum atomic E-state index is -0.412. The van der Waals surface area contributed by atoms with Crippen molar-refractivity contribution in [3.05, 3.63) is 47.2 Å². The van der Waals surface area contributed by atoms with E-state index < -0.39 is 6.03 Å². The Labute approximate surface area is 128 Å². The topological polar surface area (TPSA) is 84.7 Å². The van der Waals surface area contributed by atoms with Gasteiger partial charge in [0.15, 0.2) is 0 Å². The summed E-state index contributed by atoms with van der Waals surface area (Å²) in [5.74, 6) is 0. The molecule has 3 rings (SSSR count). The standard InChI is InChI=1S/C12H9ClN6OS/c13-9-3-1-2-4-10(9)19-6-8(5-15-19)16-11(20)17-12-18-14-7-21-12/h1-7H,(H2,16,17,18,20). The third kappa shape index (κ3) is 3.18. The third-order valence-corrected chi connectivity index (χ3v) is 3.45. The van der Waals surface area contributed by atoms with Crippen molar-refractivity contribution in [3.8, 4) is 5.69 Å². The maximum atomic E-state index is 11.7. The highest BCUT2D eigenvalue weighted by Gasteiger charge is 2.08. The molecule has 0 saturated carbocycles. The first-order valence-corrected chi connectivity index (χ1v) is 7.12. The predicted molar refractivity (Wildman–Crippen MR) is 81.1 cm³/mol. The Bertz CT molecular complexity index is 757. The van der Waals surface area contributed by atoms with E-state index in [1.165, 1.54) is 23.0 Å². The van der Waals surface area contributed by atoms with Gasteiger partial charge in [-0.05, 0) is 12.1 Å². The molecule has 0 spiro atoms. The predicted octanol–water partition coefficient (Wildman–Crippen LogP) is 3.02. The van der Waals surface area contributed by atoms with Crippen LogP contribution in [0.4, 0.5) is 15.6 Å². The molecule has 2 aromatic heterocycles. The number of para-hydroxylation sites is 1. The van der Waals surface area contributed by atoms with Crippen molar-refractivity contribution < 1.29 is 4.79 Å². The molecule has 0 saturated heterocycles. The fourth-order valence-electron chi connectivity index (χ4n) is 1.64. The molecule has 2 heterocycles. The molecular weight excluding hydrogens is 312 g/mol. The summed E-state index contributed by atoms with van der Waals surface area (Å²) in [6.45, 7) is 0. The number of hydrogen-bond acceptors (Lipinski definition) is 5. The number of aromatic nitrogens is 4. The van der Waals surface area contributed by atoms with Gasteiger partial charge in [0.1, 0.15) is 5.51 Å². The molecule has 9 heteroatoms. The number of carbonyl (C=O) groups excluding carboxylic acids is 1. The minimum Gasteiger partial charge on any atom is -0.305 e. The molecule has 0 aliphatic rings. The summed E-state index contributed by atoms with van der Waals surface area (Å²) >= 11 is 7.33. The Morgan fingerprint density at radius 1 is 1.29 bits per heavy atom. The van der Waals surface area contributed by atoms with Gasteiger partial charge in [0.25, 0.3) is 0 Å². The summed E-state index contributed by atoms with van der Waals surface area (Å²) in [5, 5.41) is 17.7. The second-order valence-electron chi connectivity index (χ2n) is 3.95. The number of urea groups is 1. The van der Waals surface area contributed by atoms with Crippen LogP contribution in [0.5, 0.6) is 0 Å². The van der Waals surface area contributed by atoms with E-state index in [-0.39, 0.29) is 0 Å². The lowest BCUT2D eigenvalue weighted by Crippen LogP contribution is -2.18. The summed E-state index contributed by atoms with van der Waals surface area (Å²) in [4.78, 5) is 11.7. The Morgan fingerprint density at radius 2 is 2.14 bits per heavy atom. The average Bonchev–Trinajstić information content (AvgIpc) is 3.11. The molecule has 0 atom stereocenters. The first-order chi connectivity index (χ1) is 10.2. The van der Waals surface area contributed by atoms with Gasteiger partial charge in [0.05, 0.1) is 28.8 Å². The Hall–Kier alpha value is -2.45. The molecular formula is C12H9ClN6OS. The summed E-state index contributed by atoms with van der Waals surface area (Å²) in [6, 6.07) is 6.89. The third-order valence-electron chi connectivity index (χ3n) is 2.52. The number of halogens is 1. The largest absolute Gasteiger partial charge is 0.325 e. The van der Waals surface area contributed by atoms with Crippen LogP contribution in [0.15, 0.2) is 42.2 Å². The molecule has 0 bridgehead atoms. The fraction of sp³-hybridized carbons (Fsp3) is 0. The molecule has 7 nitrogen and oxygen atoms in total. The summed E-state index contributed by atoms with van der Waals surface area (Å²) in [5.41, 5.74) is 2.80. The van der Waals surface area contributed by atoms with Crippen LogP contribution in [0.1, 0.15) is 0 Å². The average molecular weight is 321 g/mol. The van der Waals surface area contributed by atoms with Crippen LogP contribution in [-0.4, -0.2) is 26.0 Å². The van der Waals surface area contributed by atoms with Crippen molar-refractivity contribution >= 4 is 39.8 Å². The van der Waals surface area contributed by atoms with E-state index in [1.807, 2.05) is 18.2 Å². The van der Waals surface area contributed by atoms with Gasteiger partial charge >= 0.3 is 6.03 Å². The van der Waals surface area contributed by atoms with Crippen LogP contribution in [0, 0.1) is 0 Å². The Balaban J connectivity index is 1.71. The molecule has 0 radical (unpaired) electrons. The zero-order chi connectivity index (χ0) is 14.7. The Kier molecular flexibility index (Phi) is 3.80. The van der Waals surface area contributed by atoms with Crippen molar-refractivity contribution in [2.75, 3.05) is 10.6 Å². The normalized spacial score (nSPS) is 10.3. The molecule has 0 fully saturated rings. The maximum absolute atomic E-state index is 11.7. The quantitative estimate of drug-likeness (QED) is 0.777. The van der Waals surface area contributed by atoms with Gasteiger partial charge in [-0.3, -0.25) is 5.32 Å². The zero-order valence-electron chi connectivity index (χ0n) is 10.5. The molecule has 0 unspecified atom stereocenters. The Morgan fingerprint density at radius 3 is 2.90 bits per heavy atom. The summed E-state index contributed by atoms with van der Waals surface area (Å²) in [6.07, 6.45) is 3.20. The lowest BCUT2D eigenvalue weighted by atomic mass is 10.3.